The number of rotatable bonds is 0. The highest BCUT2D eigenvalue weighted by atomic mass is 79.9. The minimum absolute atomic E-state index is 0.564. The van der Waals surface area contributed by atoms with Gasteiger partial charge in [0.2, 0.25) is 0 Å². The van der Waals surface area contributed by atoms with Crippen LogP contribution in [0.3, 0.4) is 0 Å². The number of aromatic nitrogens is 3. The first-order valence-corrected chi connectivity index (χ1v) is 4.99. The van der Waals surface area contributed by atoms with Crippen LogP contribution in [0, 0.1) is 0 Å². The van der Waals surface area contributed by atoms with Gasteiger partial charge in [0, 0.05) is 6.20 Å². The standard InChI is InChI=1S/C6H2Br2ClN3/c7-3-2-12-4(9)1-10-6(12)5(8)11-3/h1-2H. The van der Waals surface area contributed by atoms with Gasteiger partial charge in [-0.2, -0.15) is 0 Å². The van der Waals surface area contributed by atoms with Gasteiger partial charge < -0.3 is 0 Å². The van der Waals surface area contributed by atoms with Crippen LogP contribution in [-0.2, 0) is 0 Å². The van der Waals surface area contributed by atoms with Crippen LogP contribution in [0.4, 0.5) is 0 Å². The Kier molecular flexibility index (Phi) is 2.10. The molecule has 0 amide bonds. The van der Waals surface area contributed by atoms with Crippen molar-refractivity contribution < 1.29 is 0 Å². The summed E-state index contributed by atoms with van der Waals surface area (Å²) in [6.45, 7) is 0. The van der Waals surface area contributed by atoms with Crippen molar-refractivity contribution in [1.29, 1.82) is 0 Å². The van der Waals surface area contributed by atoms with Gasteiger partial charge in [0.05, 0.1) is 6.20 Å². The number of nitrogens with zero attached hydrogens (tertiary/aromatic N) is 3. The average Bonchev–Trinajstić information content (AvgIpc) is 2.33. The summed E-state index contributed by atoms with van der Waals surface area (Å²) in [6.07, 6.45) is 3.34. The van der Waals surface area contributed by atoms with Crippen molar-refractivity contribution >= 4 is 49.1 Å². The van der Waals surface area contributed by atoms with E-state index in [4.69, 9.17) is 11.6 Å². The summed E-state index contributed by atoms with van der Waals surface area (Å²) in [5, 5.41) is 0.564. The van der Waals surface area contributed by atoms with Crippen LogP contribution in [-0.4, -0.2) is 14.4 Å². The average molecular weight is 311 g/mol. The predicted molar refractivity (Wildman–Crippen MR) is 53.4 cm³/mol. The lowest BCUT2D eigenvalue weighted by Crippen LogP contribution is -1.89. The molecule has 0 saturated carbocycles. The molecule has 0 N–H and O–H groups in total. The lowest BCUT2D eigenvalue weighted by Gasteiger charge is -1.97. The maximum absolute atomic E-state index is 5.85. The Bertz CT molecular complexity index is 440. The van der Waals surface area contributed by atoms with Gasteiger partial charge in [-0.05, 0) is 31.9 Å². The molecule has 0 atom stereocenters. The van der Waals surface area contributed by atoms with Crippen LogP contribution in [0.5, 0.6) is 0 Å². The third kappa shape index (κ3) is 1.26. The summed E-state index contributed by atoms with van der Waals surface area (Å²) in [6, 6.07) is 0. The zero-order valence-electron chi connectivity index (χ0n) is 5.63. The van der Waals surface area contributed by atoms with E-state index in [0.29, 0.717) is 20.0 Å². The molecule has 2 aromatic heterocycles. The van der Waals surface area contributed by atoms with Gasteiger partial charge in [-0.1, -0.05) is 11.6 Å². The lowest BCUT2D eigenvalue weighted by molar-refractivity contribution is 1.08. The molecule has 0 fully saturated rings. The first-order valence-electron chi connectivity index (χ1n) is 3.03. The Hall–Kier alpha value is -0.130. The molecular weight excluding hydrogens is 309 g/mol. The second-order valence-corrected chi connectivity index (χ2v) is 4.08. The van der Waals surface area contributed by atoms with Crippen LogP contribution in [0.25, 0.3) is 5.65 Å². The van der Waals surface area contributed by atoms with Crippen molar-refractivity contribution in [2.75, 3.05) is 0 Å². The van der Waals surface area contributed by atoms with E-state index in [2.05, 4.69) is 41.8 Å². The summed E-state index contributed by atoms with van der Waals surface area (Å²) in [5.74, 6) is 0. The smallest absolute Gasteiger partial charge is 0.171 e. The molecule has 0 radical (unpaired) electrons. The van der Waals surface area contributed by atoms with E-state index in [1.54, 1.807) is 16.8 Å². The first kappa shape index (κ1) is 8.47. The Morgan fingerprint density at radius 1 is 1.42 bits per heavy atom. The molecule has 2 aromatic rings. The summed E-state index contributed by atoms with van der Waals surface area (Å²) < 4.78 is 3.12. The molecule has 0 unspecified atom stereocenters. The molecule has 0 aliphatic carbocycles. The van der Waals surface area contributed by atoms with Gasteiger partial charge in [0.1, 0.15) is 9.76 Å². The Morgan fingerprint density at radius 3 is 2.92 bits per heavy atom. The van der Waals surface area contributed by atoms with E-state index in [-0.39, 0.29) is 0 Å². The van der Waals surface area contributed by atoms with Crippen molar-refractivity contribution in [3.63, 3.8) is 0 Å². The Morgan fingerprint density at radius 2 is 2.17 bits per heavy atom. The Labute approximate surface area is 90.0 Å². The summed E-state index contributed by atoms with van der Waals surface area (Å²) in [4.78, 5) is 8.17. The normalized spacial score (nSPS) is 10.9. The van der Waals surface area contributed by atoms with Gasteiger partial charge in [0.25, 0.3) is 0 Å². The molecule has 0 aliphatic rings. The summed E-state index contributed by atoms with van der Waals surface area (Å²) in [5.41, 5.74) is 0.711. The molecule has 3 nitrogen and oxygen atoms in total. The maximum atomic E-state index is 5.85. The fourth-order valence-electron chi connectivity index (χ4n) is 0.895. The van der Waals surface area contributed by atoms with Crippen LogP contribution in [0.2, 0.25) is 5.15 Å². The highest BCUT2D eigenvalue weighted by Crippen LogP contribution is 2.21. The van der Waals surface area contributed by atoms with E-state index in [1.807, 2.05) is 0 Å². The maximum Gasteiger partial charge on any atom is 0.171 e. The number of imidazole rings is 1. The van der Waals surface area contributed by atoms with E-state index in [9.17, 15) is 0 Å². The SMILES string of the molecule is Clc1cnc2c(Br)nc(Br)cn12. The van der Waals surface area contributed by atoms with Gasteiger partial charge in [0.15, 0.2) is 10.3 Å². The zero-order chi connectivity index (χ0) is 8.72. The van der Waals surface area contributed by atoms with E-state index in [1.165, 1.54) is 0 Å². The van der Waals surface area contributed by atoms with Gasteiger partial charge in [-0.15, -0.1) is 0 Å². The van der Waals surface area contributed by atoms with Crippen LogP contribution < -0.4 is 0 Å². The number of halogens is 3. The van der Waals surface area contributed by atoms with E-state index < -0.39 is 0 Å². The molecule has 2 rings (SSSR count). The number of hydrogen-bond acceptors (Lipinski definition) is 2. The highest BCUT2D eigenvalue weighted by Gasteiger charge is 2.06. The van der Waals surface area contributed by atoms with Crippen LogP contribution in [0.1, 0.15) is 0 Å². The number of hydrogen-bond donors (Lipinski definition) is 0. The van der Waals surface area contributed by atoms with Crippen molar-refractivity contribution in [2.45, 2.75) is 0 Å². The highest BCUT2D eigenvalue weighted by molar-refractivity contribution is 9.11. The molecule has 0 aliphatic heterocycles. The molecule has 0 saturated heterocycles. The minimum atomic E-state index is 0.564. The first-order chi connectivity index (χ1) is 5.68. The molecule has 12 heavy (non-hydrogen) atoms. The molecule has 6 heteroatoms. The van der Waals surface area contributed by atoms with Gasteiger partial charge in [-0.3, -0.25) is 4.40 Å². The summed E-state index contributed by atoms with van der Waals surface area (Å²) >= 11 is 12.4. The van der Waals surface area contributed by atoms with E-state index >= 15 is 0 Å². The fraction of sp³-hybridized carbons (Fsp3) is 0. The van der Waals surface area contributed by atoms with Crippen molar-refractivity contribution in [3.8, 4) is 0 Å². The third-order valence-corrected chi connectivity index (χ3v) is 2.57. The minimum Gasteiger partial charge on any atom is -0.286 e. The zero-order valence-corrected chi connectivity index (χ0v) is 9.56. The third-order valence-electron chi connectivity index (χ3n) is 1.38. The fourth-order valence-corrected chi connectivity index (χ4v) is 2.18. The monoisotopic (exact) mass is 309 g/mol. The molecule has 0 aromatic carbocycles. The predicted octanol–water partition coefficient (Wildman–Crippen LogP) is 2.91. The number of fused-ring (bicyclic) bond motifs is 1. The van der Waals surface area contributed by atoms with Crippen molar-refractivity contribution in [2.24, 2.45) is 0 Å². The molecule has 0 spiro atoms. The topological polar surface area (TPSA) is 30.2 Å². The van der Waals surface area contributed by atoms with E-state index in [0.717, 1.165) is 0 Å². The molecular formula is C6H2Br2ClN3. The van der Waals surface area contributed by atoms with Crippen molar-refractivity contribution in [3.05, 3.63) is 26.8 Å². The molecule has 0 bridgehead atoms. The lowest BCUT2D eigenvalue weighted by atomic mass is 10.7. The second kappa shape index (κ2) is 2.97. The van der Waals surface area contributed by atoms with Gasteiger partial charge in [-0.25, -0.2) is 9.97 Å². The van der Waals surface area contributed by atoms with Crippen LogP contribution >= 0.6 is 43.5 Å². The molecule has 2 heterocycles. The van der Waals surface area contributed by atoms with Crippen LogP contribution in [0.15, 0.2) is 21.6 Å². The van der Waals surface area contributed by atoms with Gasteiger partial charge >= 0.3 is 0 Å². The second-order valence-electron chi connectivity index (χ2n) is 2.13. The quantitative estimate of drug-likeness (QED) is 0.749. The summed E-state index contributed by atoms with van der Waals surface area (Å²) in [7, 11) is 0. The Balaban J connectivity index is 2.92. The van der Waals surface area contributed by atoms with Crippen molar-refractivity contribution in [1.82, 2.24) is 14.4 Å². The largest absolute Gasteiger partial charge is 0.286 e. The molecule has 62 valence electrons.